The van der Waals surface area contributed by atoms with Crippen molar-refractivity contribution in [2.45, 2.75) is 52.7 Å². The maximum Gasteiger partial charge on any atom is 0.0446 e. The van der Waals surface area contributed by atoms with E-state index in [1.807, 2.05) is 6.20 Å². The van der Waals surface area contributed by atoms with Crippen LogP contribution in [0.3, 0.4) is 0 Å². The molecule has 21 heavy (non-hydrogen) atoms. The highest BCUT2D eigenvalue weighted by atomic mass is 15.3. The van der Waals surface area contributed by atoms with Gasteiger partial charge in [0.15, 0.2) is 0 Å². The molecule has 0 saturated carbocycles. The Hall–Kier alpha value is -1.13. The lowest BCUT2D eigenvalue weighted by molar-refractivity contribution is 0.138. The van der Waals surface area contributed by atoms with Crippen LogP contribution in [0.1, 0.15) is 39.0 Å². The second kappa shape index (κ2) is 6.32. The molecule has 0 radical (unpaired) electrons. The second-order valence-electron chi connectivity index (χ2n) is 7.15. The molecule has 4 heteroatoms. The standard InChI is InChI=1S/C17H30N4/c1-13(2)18-10-15-11-19-14(3)9-16(15)21-8-7-20(6)17(4,5)12-21/h9,11,13,18H,7-8,10,12H2,1-6H3. The van der Waals surface area contributed by atoms with E-state index in [1.54, 1.807) is 0 Å². The van der Waals surface area contributed by atoms with Gasteiger partial charge in [-0.15, -0.1) is 0 Å². The highest BCUT2D eigenvalue weighted by Gasteiger charge is 2.31. The molecular formula is C17H30N4. The number of piperazine rings is 1. The van der Waals surface area contributed by atoms with Crippen LogP contribution in [0, 0.1) is 6.92 Å². The van der Waals surface area contributed by atoms with Crippen molar-refractivity contribution in [2.24, 2.45) is 0 Å². The van der Waals surface area contributed by atoms with Gasteiger partial charge in [-0.3, -0.25) is 9.88 Å². The van der Waals surface area contributed by atoms with E-state index in [9.17, 15) is 0 Å². The minimum atomic E-state index is 0.207. The molecule has 0 aromatic carbocycles. The lowest BCUT2D eigenvalue weighted by Crippen LogP contribution is -2.58. The molecule has 118 valence electrons. The van der Waals surface area contributed by atoms with Crippen molar-refractivity contribution in [1.82, 2.24) is 15.2 Å². The molecule has 2 heterocycles. The fourth-order valence-corrected chi connectivity index (χ4v) is 2.76. The molecule has 0 atom stereocenters. The molecule has 0 spiro atoms. The first-order chi connectivity index (χ1) is 9.79. The predicted molar refractivity (Wildman–Crippen MR) is 89.9 cm³/mol. The third kappa shape index (κ3) is 3.95. The molecule has 1 saturated heterocycles. The summed E-state index contributed by atoms with van der Waals surface area (Å²) in [6.45, 7) is 15.2. The van der Waals surface area contributed by atoms with Crippen molar-refractivity contribution in [3.63, 3.8) is 0 Å². The van der Waals surface area contributed by atoms with Crippen molar-refractivity contribution in [1.29, 1.82) is 0 Å². The summed E-state index contributed by atoms with van der Waals surface area (Å²) in [6.07, 6.45) is 2.03. The number of likely N-dealkylation sites (N-methyl/N-ethyl adjacent to an activating group) is 1. The van der Waals surface area contributed by atoms with Gasteiger partial charge in [0.25, 0.3) is 0 Å². The largest absolute Gasteiger partial charge is 0.368 e. The molecule has 1 aromatic heterocycles. The number of pyridine rings is 1. The van der Waals surface area contributed by atoms with Crippen LogP contribution in [0.2, 0.25) is 0 Å². The van der Waals surface area contributed by atoms with Gasteiger partial charge in [-0.25, -0.2) is 0 Å². The molecule has 2 rings (SSSR count). The van der Waals surface area contributed by atoms with Gasteiger partial charge in [0, 0.05) is 60.9 Å². The molecule has 0 aliphatic carbocycles. The van der Waals surface area contributed by atoms with Crippen LogP contribution >= 0.6 is 0 Å². The Kier molecular flexibility index (Phi) is 4.89. The van der Waals surface area contributed by atoms with E-state index in [0.717, 1.165) is 31.9 Å². The molecule has 0 unspecified atom stereocenters. The Balaban J connectivity index is 2.23. The van der Waals surface area contributed by atoms with Crippen molar-refractivity contribution >= 4 is 5.69 Å². The minimum Gasteiger partial charge on any atom is -0.368 e. The fraction of sp³-hybridized carbons (Fsp3) is 0.706. The highest BCUT2D eigenvalue weighted by molar-refractivity contribution is 5.54. The molecule has 1 aliphatic heterocycles. The predicted octanol–water partition coefficient (Wildman–Crippen LogP) is 2.42. The number of aromatic nitrogens is 1. The molecular weight excluding hydrogens is 260 g/mol. The van der Waals surface area contributed by atoms with E-state index in [-0.39, 0.29) is 5.54 Å². The van der Waals surface area contributed by atoms with Crippen LogP contribution in [-0.4, -0.2) is 48.1 Å². The van der Waals surface area contributed by atoms with E-state index in [1.165, 1.54) is 11.3 Å². The Bertz CT molecular complexity index is 482. The van der Waals surface area contributed by atoms with Crippen LogP contribution in [0.15, 0.2) is 12.3 Å². The lowest BCUT2D eigenvalue weighted by Gasteiger charge is -2.46. The van der Waals surface area contributed by atoms with Crippen molar-refractivity contribution in [3.05, 3.63) is 23.5 Å². The maximum atomic E-state index is 4.49. The van der Waals surface area contributed by atoms with Crippen LogP contribution < -0.4 is 10.2 Å². The molecule has 1 aliphatic rings. The summed E-state index contributed by atoms with van der Waals surface area (Å²) < 4.78 is 0. The number of anilines is 1. The minimum absolute atomic E-state index is 0.207. The highest BCUT2D eigenvalue weighted by Crippen LogP contribution is 2.27. The quantitative estimate of drug-likeness (QED) is 0.923. The molecule has 1 fully saturated rings. The molecule has 1 aromatic rings. The third-order valence-electron chi connectivity index (χ3n) is 4.46. The van der Waals surface area contributed by atoms with Crippen LogP contribution in [0.4, 0.5) is 5.69 Å². The van der Waals surface area contributed by atoms with Crippen LogP contribution in [0.5, 0.6) is 0 Å². The SMILES string of the molecule is Cc1cc(N2CCN(C)C(C)(C)C2)c(CNC(C)C)cn1. The van der Waals surface area contributed by atoms with E-state index in [2.05, 4.69) is 67.8 Å². The first kappa shape index (κ1) is 16.2. The van der Waals surface area contributed by atoms with Gasteiger partial charge in [-0.2, -0.15) is 0 Å². The Morgan fingerprint density at radius 1 is 1.33 bits per heavy atom. The van der Waals surface area contributed by atoms with Gasteiger partial charge < -0.3 is 10.2 Å². The smallest absolute Gasteiger partial charge is 0.0446 e. The Morgan fingerprint density at radius 3 is 2.67 bits per heavy atom. The number of nitrogens with zero attached hydrogens (tertiary/aromatic N) is 3. The van der Waals surface area contributed by atoms with Crippen molar-refractivity contribution in [3.8, 4) is 0 Å². The number of hydrogen-bond acceptors (Lipinski definition) is 4. The normalized spacial score (nSPS) is 19.3. The maximum absolute atomic E-state index is 4.49. The van der Waals surface area contributed by atoms with Crippen molar-refractivity contribution in [2.75, 3.05) is 31.6 Å². The first-order valence-electron chi connectivity index (χ1n) is 7.94. The number of aryl methyl sites for hydroxylation is 1. The van der Waals surface area contributed by atoms with E-state index < -0.39 is 0 Å². The van der Waals surface area contributed by atoms with Gasteiger partial charge in [0.05, 0.1) is 0 Å². The zero-order valence-corrected chi connectivity index (χ0v) is 14.4. The van der Waals surface area contributed by atoms with E-state index >= 15 is 0 Å². The third-order valence-corrected chi connectivity index (χ3v) is 4.46. The summed E-state index contributed by atoms with van der Waals surface area (Å²) in [5, 5.41) is 3.51. The Morgan fingerprint density at radius 2 is 2.05 bits per heavy atom. The second-order valence-corrected chi connectivity index (χ2v) is 7.15. The van der Waals surface area contributed by atoms with Gasteiger partial charge in [-0.1, -0.05) is 13.8 Å². The average molecular weight is 290 g/mol. The monoisotopic (exact) mass is 290 g/mol. The zero-order chi connectivity index (χ0) is 15.6. The summed E-state index contributed by atoms with van der Waals surface area (Å²) in [5.74, 6) is 0. The molecule has 4 nitrogen and oxygen atoms in total. The molecule has 0 bridgehead atoms. The fourth-order valence-electron chi connectivity index (χ4n) is 2.76. The van der Waals surface area contributed by atoms with Gasteiger partial charge in [-0.05, 0) is 33.9 Å². The van der Waals surface area contributed by atoms with E-state index in [4.69, 9.17) is 0 Å². The summed E-state index contributed by atoms with van der Waals surface area (Å²) >= 11 is 0. The van der Waals surface area contributed by atoms with Crippen LogP contribution in [-0.2, 0) is 6.54 Å². The summed E-state index contributed by atoms with van der Waals surface area (Å²) in [5.41, 5.74) is 3.94. The summed E-state index contributed by atoms with van der Waals surface area (Å²) in [6, 6.07) is 2.72. The lowest BCUT2D eigenvalue weighted by atomic mass is 9.98. The van der Waals surface area contributed by atoms with Gasteiger partial charge >= 0.3 is 0 Å². The summed E-state index contributed by atoms with van der Waals surface area (Å²) in [4.78, 5) is 9.45. The zero-order valence-electron chi connectivity index (χ0n) is 14.4. The Labute approximate surface area is 129 Å². The van der Waals surface area contributed by atoms with Gasteiger partial charge in [0.2, 0.25) is 0 Å². The van der Waals surface area contributed by atoms with Gasteiger partial charge in [0.1, 0.15) is 0 Å². The van der Waals surface area contributed by atoms with Crippen molar-refractivity contribution < 1.29 is 0 Å². The number of rotatable bonds is 4. The number of nitrogens with one attached hydrogen (secondary N) is 1. The average Bonchev–Trinajstić information content (AvgIpc) is 2.40. The van der Waals surface area contributed by atoms with E-state index in [0.29, 0.717) is 6.04 Å². The molecule has 0 amide bonds. The topological polar surface area (TPSA) is 31.4 Å². The molecule has 1 N–H and O–H groups in total. The first-order valence-corrected chi connectivity index (χ1v) is 7.94. The van der Waals surface area contributed by atoms with Crippen LogP contribution in [0.25, 0.3) is 0 Å². The number of hydrogen-bond donors (Lipinski definition) is 1. The summed E-state index contributed by atoms with van der Waals surface area (Å²) in [7, 11) is 2.22.